The lowest BCUT2D eigenvalue weighted by atomic mass is 10.1. The molecule has 6 heteroatoms. The van der Waals surface area contributed by atoms with Gasteiger partial charge < -0.3 is 16.0 Å². The van der Waals surface area contributed by atoms with Crippen molar-refractivity contribution < 1.29 is 14.4 Å². The van der Waals surface area contributed by atoms with E-state index in [1.54, 1.807) is 0 Å². The highest BCUT2D eigenvalue weighted by atomic mass is 16.2. The van der Waals surface area contributed by atoms with Crippen LogP contribution in [0.25, 0.3) is 0 Å². The Bertz CT molecular complexity index is 267. The summed E-state index contributed by atoms with van der Waals surface area (Å²) < 4.78 is 0. The largest absolute Gasteiger partial charge is 0.368 e. The van der Waals surface area contributed by atoms with E-state index in [0.29, 0.717) is 19.4 Å². The summed E-state index contributed by atoms with van der Waals surface area (Å²) in [6.07, 6.45) is 2.81. The summed E-state index contributed by atoms with van der Waals surface area (Å²) >= 11 is 0. The van der Waals surface area contributed by atoms with Gasteiger partial charge in [-0.2, -0.15) is 0 Å². The van der Waals surface area contributed by atoms with E-state index in [1.807, 2.05) is 0 Å². The van der Waals surface area contributed by atoms with Gasteiger partial charge in [-0.05, 0) is 19.3 Å². The summed E-state index contributed by atoms with van der Waals surface area (Å²) in [7, 11) is 0. The zero-order chi connectivity index (χ0) is 11.3. The van der Waals surface area contributed by atoms with E-state index in [4.69, 9.17) is 5.73 Å². The Kier molecular flexibility index (Phi) is 4.08. The van der Waals surface area contributed by atoms with Gasteiger partial charge in [0.1, 0.15) is 6.04 Å². The number of hydrogen-bond acceptors (Lipinski definition) is 3. The maximum absolute atomic E-state index is 11.8. The minimum atomic E-state index is -0.532. The van der Waals surface area contributed by atoms with Crippen LogP contribution in [0.4, 0.5) is 0 Å². The van der Waals surface area contributed by atoms with Crippen molar-refractivity contribution in [2.75, 3.05) is 13.1 Å². The van der Waals surface area contributed by atoms with Crippen molar-refractivity contribution >= 4 is 18.2 Å². The summed E-state index contributed by atoms with van der Waals surface area (Å²) in [4.78, 5) is 34.2. The molecule has 1 saturated heterocycles. The van der Waals surface area contributed by atoms with E-state index < -0.39 is 11.9 Å². The number of nitrogens with two attached hydrogens (primary N) is 1. The number of nitrogens with one attached hydrogen (secondary N) is 1. The topological polar surface area (TPSA) is 92.5 Å². The van der Waals surface area contributed by atoms with E-state index >= 15 is 0 Å². The van der Waals surface area contributed by atoms with E-state index in [9.17, 15) is 14.4 Å². The van der Waals surface area contributed by atoms with Gasteiger partial charge in [-0.3, -0.25) is 14.4 Å². The molecule has 3 amide bonds. The third-order valence-corrected chi connectivity index (χ3v) is 2.40. The minimum Gasteiger partial charge on any atom is -0.368 e. The van der Waals surface area contributed by atoms with Crippen molar-refractivity contribution in [1.29, 1.82) is 0 Å². The van der Waals surface area contributed by atoms with Crippen molar-refractivity contribution in [2.24, 2.45) is 5.73 Å². The molecule has 1 fully saturated rings. The molecule has 0 bridgehead atoms. The molecule has 1 rings (SSSR count). The summed E-state index contributed by atoms with van der Waals surface area (Å²) in [5.41, 5.74) is 5.03. The van der Waals surface area contributed by atoms with Gasteiger partial charge >= 0.3 is 0 Å². The van der Waals surface area contributed by atoms with Crippen LogP contribution in [0.5, 0.6) is 0 Å². The predicted molar refractivity (Wildman–Crippen MR) is 52.6 cm³/mol. The second-order valence-corrected chi connectivity index (χ2v) is 3.56. The Labute approximate surface area is 87.8 Å². The first-order chi connectivity index (χ1) is 7.15. The second kappa shape index (κ2) is 5.33. The van der Waals surface area contributed by atoms with Crippen LogP contribution in [0.2, 0.25) is 0 Å². The third kappa shape index (κ3) is 3.23. The molecule has 1 aliphatic heterocycles. The first-order valence-electron chi connectivity index (χ1n) is 4.92. The highest BCUT2D eigenvalue weighted by Gasteiger charge is 2.26. The lowest BCUT2D eigenvalue weighted by Crippen LogP contribution is -2.47. The number of carbonyl (C=O) groups is 3. The van der Waals surface area contributed by atoms with Gasteiger partial charge in [0.05, 0.1) is 6.54 Å². The predicted octanol–water partition coefficient (Wildman–Crippen LogP) is -1.40. The van der Waals surface area contributed by atoms with Crippen LogP contribution >= 0.6 is 0 Å². The molecule has 0 saturated carbocycles. The summed E-state index contributed by atoms with van der Waals surface area (Å²) in [6.45, 7) is 0.453. The number of likely N-dealkylation sites (tertiary alicyclic amines) is 1. The molecule has 0 aromatic rings. The van der Waals surface area contributed by atoms with Gasteiger partial charge in [0.2, 0.25) is 18.2 Å². The quantitative estimate of drug-likeness (QED) is 0.562. The van der Waals surface area contributed by atoms with Crippen molar-refractivity contribution in [3.8, 4) is 0 Å². The third-order valence-electron chi connectivity index (χ3n) is 2.40. The number of rotatable bonds is 4. The molecule has 1 heterocycles. The van der Waals surface area contributed by atoms with E-state index in [0.717, 1.165) is 12.8 Å². The van der Waals surface area contributed by atoms with Crippen LogP contribution in [-0.4, -0.2) is 42.3 Å². The number of amides is 3. The molecular formula is C9H15N3O3. The summed E-state index contributed by atoms with van der Waals surface area (Å²) in [6, 6.07) is -0.510. The number of hydrogen-bond donors (Lipinski definition) is 2. The maximum atomic E-state index is 11.8. The average molecular weight is 213 g/mol. The van der Waals surface area contributed by atoms with E-state index in [2.05, 4.69) is 5.32 Å². The van der Waals surface area contributed by atoms with Crippen LogP contribution in [0.3, 0.4) is 0 Å². The number of primary amides is 1. The zero-order valence-corrected chi connectivity index (χ0v) is 8.44. The Morgan fingerprint density at radius 3 is 2.93 bits per heavy atom. The maximum Gasteiger partial charge on any atom is 0.245 e. The van der Waals surface area contributed by atoms with Crippen LogP contribution in [0.15, 0.2) is 0 Å². The van der Waals surface area contributed by atoms with Crippen molar-refractivity contribution in [3.63, 3.8) is 0 Å². The Morgan fingerprint density at radius 1 is 1.60 bits per heavy atom. The van der Waals surface area contributed by atoms with Crippen LogP contribution < -0.4 is 11.1 Å². The lowest BCUT2D eigenvalue weighted by molar-refractivity contribution is -0.137. The van der Waals surface area contributed by atoms with Crippen LogP contribution in [-0.2, 0) is 14.4 Å². The fourth-order valence-corrected chi connectivity index (χ4v) is 1.69. The Hall–Kier alpha value is -1.59. The molecule has 0 spiro atoms. The molecule has 0 aromatic carbocycles. The van der Waals surface area contributed by atoms with Gasteiger partial charge in [-0.15, -0.1) is 0 Å². The second-order valence-electron chi connectivity index (χ2n) is 3.56. The fraction of sp³-hybridized carbons (Fsp3) is 0.667. The monoisotopic (exact) mass is 213 g/mol. The molecule has 84 valence electrons. The van der Waals surface area contributed by atoms with Gasteiger partial charge in [0.15, 0.2) is 0 Å². The molecule has 15 heavy (non-hydrogen) atoms. The van der Waals surface area contributed by atoms with Gasteiger partial charge in [0, 0.05) is 6.54 Å². The Morgan fingerprint density at radius 2 is 2.33 bits per heavy atom. The molecule has 0 unspecified atom stereocenters. The molecule has 0 aliphatic carbocycles. The molecule has 6 nitrogen and oxygen atoms in total. The molecule has 1 aliphatic rings. The summed E-state index contributed by atoms with van der Waals surface area (Å²) in [5.74, 6) is -0.756. The van der Waals surface area contributed by atoms with Crippen molar-refractivity contribution in [2.45, 2.75) is 25.3 Å². The van der Waals surface area contributed by atoms with Gasteiger partial charge in [-0.1, -0.05) is 0 Å². The van der Waals surface area contributed by atoms with Gasteiger partial charge in [-0.25, -0.2) is 0 Å². The molecular weight excluding hydrogens is 198 g/mol. The molecule has 3 N–H and O–H groups in total. The lowest BCUT2D eigenvalue weighted by Gasteiger charge is -2.22. The SMILES string of the molecule is NC(=O)CN1CCCC[C@H](NC=O)C1=O. The number of carbonyl (C=O) groups excluding carboxylic acids is 3. The molecule has 0 aromatic heterocycles. The van der Waals surface area contributed by atoms with Gasteiger partial charge in [0.25, 0.3) is 0 Å². The highest BCUT2D eigenvalue weighted by Crippen LogP contribution is 2.11. The van der Waals surface area contributed by atoms with E-state index in [-0.39, 0.29) is 12.5 Å². The first kappa shape index (κ1) is 11.5. The average Bonchev–Trinajstić information content (AvgIpc) is 2.33. The summed E-state index contributed by atoms with van der Waals surface area (Å²) in [5, 5.41) is 2.45. The van der Waals surface area contributed by atoms with Crippen LogP contribution in [0, 0.1) is 0 Å². The standard InChI is InChI=1S/C9H15N3O3/c10-8(14)5-12-4-2-1-3-7(9(12)15)11-6-13/h6-7H,1-5H2,(H2,10,14)(H,11,13)/t7-/m0/s1. The number of nitrogens with zero attached hydrogens (tertiary/aromatic N) is 1. The first-order valence-corrected chi connectivity index (χ1v) is 4.92. The molecule has 0 radical (unpaired) electrons. The minimum absolute atomic E-state index is 0.0735. The van der Waals surface area contributed by atoms with Crippen LogP contribution in [0.1, 0.15) is 19.3 Å². The van der Waals surface area contributed by atoms with Crippen molar-refractivity contribution in [3.05, 3.63) is 0 Å². The smallest absolute Gasteiger partial charge is 0.245 e. The van der Waals surface area contributed by atoms with Crippen molar-refractivity contribution in [1.82, 2.24) is 10.2 Å². The zero-order valence-electron chi connectivity index (χ0n) is 8.44. The van der Waals surface area contributed by atoms with E-state index in [1.165, 1.54) is 4.90 Å². The Balaban J connectivity index is 2.65. The molecule has 1 atom stereocenters. The highest BCUT2D eigenvalue weighted by molar-refractivity contribution is 5.88. The fourth-order valence-electron chi connectivity index (χ4n) is 1.69. The normalized spacial score (nSPS) is 22.0.